The number of alkyl halides is 3. The van der Waals surface area contributed by atoms with Crippen molar-refractivity contribution in [1.82, 2.24) is 4.90 Å². The van der Waals surface area contributed by atoms with Crippen LogP contribution in [0.15, 0.2) is 18.2 Å². The summed E-state index contributed by atoms with van der Waals surface area (Å²) in [5, 5.41) is 8.82. The van der Waals surface area contributed by atoms with Gasteiger partial charge in [0.1, 0.15) is 5.75 Å². The van der Waals surface area contributed by atoms with E-state index in [1.807, 2.05) is 0 Å². The van der Waals surface area contributed by atoms with Crippen molar-refractivity contribution in [3.8, 4) is 5.75 Å². The third-order valence-corrected chi connectivity index (χ3v) is 2.52. The highest BCUT2D eigenvalue weighted by molar-refractivity contribution is 5.48. The number of methoxy groups -OCH3 is 1. The molecule has 1 rings (SSSR count). The Morgan fingerprint density at radius 3 is 2.58 bits per heavy atom. The summed E-state index contributed by atoms with van der Waals surface area (Å²) in [4.78, 5) is 1.11. The molecule has 0 aliphatic carbocycles. The van der Waals surface area contributed by atoms with Gasteiger partial charge in [-0.1, -0.05) is 6.07 Å². The molecular formula is C12H17F3N2O2. The highest BCUT2D eigenvalue weighted by Gasteiger charge is 2.30. The number of aliphatic hydroxyl groups is 1. The Labute approximate surface area is 109 Å². The van der Waals surface area contributed by atoms with Gasteiger partial charge in [0.25, 0.3) is 0 Å². The lowest BCUT2D eigenvalue weighted by molar-refractivity contribution is -0.148. The second-order valence-electron chi connectivity index (χ2n) is 4.12. The molecule has 0 bridgehead atoms. The SMILES string of the molecule is COc1cc(N)ccc1CN(CCO)CC(F)(F)F. The Balaban J connectivity index is 2.84. The molecule has 7 heteroatoms. The maximum Gasteiger partial charge on any atom is 0.401 e. The van der Waals surface area contributed by atoms with E-state index >= 15 is 0 Å². The van der Waals surface area contributed by atoms with E-state index in [0.29, 0.717) is 17.0 Å². The molecule has 4 nitrogen and oxygen atoms in total. The Hall–Kier alpha value is -1.47. The number of nitrogens with zero attached hydrogens (tertiary/aromatic N) is 1. The fourth-order valence-electron chi connectivity index (χ4n) is 1.74. The van der Waals surface area contributed by atoms with Crippen LogP contribution in [0.2, 0.25) is 0 Å². The van der Waals surface area contributed by atoms with Gasteiger partial charge in [0, 0.05) is 30.4 Å². The molecule has 0 aromatic heterocycles. The van der Waals surface area contributed by atoms with E-state index < -0.39 is 12.7 Å². The van der Waals surface area contributed by atoms with E-state index in [0.717, 1.165) is 4.90 Å². The fourth-order valence-corrected chi connectivity index (χ4v) is 1.74. The molecule has 3 N–H and O–H groups in total. The molecule has 0 radical (unpaired) electrons. The lowest BCUT2D eigenvalue weighted by Crippen LogP contribution is -2.35. The molecule has 0 atom stereocenters. The van der Waals surface area contributed by atoms with E-state index in [-0.39, 0.29) is 19.7 Å². The number of nitrogens with two attached hydrogens (primary N) is 1. The summed E-state index contributed by atoms with van der Waals surface area (Å²) in [6.45, 7) is -1.45. The lowest BCUT2D eigenvalue weighted by Gasteiger charge is -2.23. The van der Waals surface area contributed by atoms with Crippen molar-refractivity contribution in [1.29, 1.82) is 0 Å². The Morgan fingerprint density at radius 2 is 2.05 bits per heavy atom. The molecule has 108 valence electrons. The van der Waals surface area contributed by atoms with Crippen LogP contribution in [-0.4, -0.2) is 43.0 Å². The maximum absolute atomic E-state index is 12.4. The number of aliphatic hydroxyl groups excluding tert-OH is 1. The van der Waals surface area contributed by atoms with Gasteiger partial charge >= 0.3 is 6.18 Å². The minimum Gasteiger partial charge on any atom is -0.496 e. The molecule has 1 aromatic rings. The van der Waals surface area contributed by atoms with Crippen molar-refractivity contribution < 1.29 is 23.0 Å². The highest BCUT2D eigenvalue weighted by atomic mass is 19.4. The summed E-state index contributed by atoms with van der Waals surface area (Å²) in [6.07, 6.45) is -4.31. The number of benzene rings is 1. The minimum atomic E-state index is -4.31. The second kappa shape index (κ2) is 6.63. The highest BCUT2D eigenvalue weighted by Crippen LogP contribution is 2.24. The second-order valence-corrected chi connectivity index (χ2v) is 4.12. The van der Waals surface area contributed by atoms with E-state index in [2.05, 4.69) is 0 Å². The van der Waals surface area contributed by atoms with Gasteiger partial charge < -0.3 is 15.6 Å². The summed E-state index contributed by atoms with van der Waals surface area (Å²) < 4.78 is 42.3. The lowest BCUT2D eigenvalue weighted by atomic mass is 10.1. The monoisotopic (exact) mass is 278 g/mol. The number of ether oxygens (including phenoxy) is 1. The van der Waals surface area contributed by atoms with Crippen LogP contribution in [-0.2, 0) is 6.54 Å². The van der Waals surface area contributed by atoms with Crippen molar-refractivity contribution in [3.63, 3.8) is 0 Å². The third-order valence-electron chi connectivity index (χ3n) is 2.52. The van der Waals surface area contributed by atoms with Gasteiger partial charge in [-0.3, -0.25) is 4.90 Å². The van der Waals surface area contributed by atoms with Crippen molar-refractivity contribution in [2.45, 2.75) is 12.7 Å². The van der Waals surface area contributed by atoms with E-state index in [9.17, 15) is 13.2 Å². The molecule has 19 heavy (non-hydrogen) atoms. The zero-order chi connectivity index (χ0) is 14.5. The van der Waals surface area contributed by atoms with Gasteiger partial charge in [-0.15, -0.1) is 0 Å². The first kappa shape index (κ1) is 15.6. The summed E-state index contributed by atoms with van der Waals surface area (Å²) >= 11 is 0. The predicted octanol–water partition coefficient (Wildman–Crippen LogP) is 1.63. The number of anilines is 1. The van der Waals surface area contributed by atoms with Gasteiger partial charge in [0.05, 0.1) is 20.3 Å². The quantitative estimate of drug-likeness (QED) is 0.777. The first-order valence-electron chi connectivity index (χ1n) is 5.68. The molecule has 0 saturated carbocycles. The number of nitrogen functional groups attached to an aromatic ring is 1. The summed E-state index contributed by atoms with van der Waals surface area (Å²) in [6, 6.07) is 4.78. The van der Waals surface area contributed by atoms with E-state index in [4.69, 9.17) is 15.6 Å². The molecule has 0 aliphatic heterocycles. The van der Waals surface area contributed by atoms with Crippen LogP contribution in [0.25, 0.3) is 0 Å². The first-order chi connectivity index (χ1) is 8.85. The topological polar surface area (TPSA) is 58.7 Å². The molecule has 0 heterocycles. The molecule has 0 fully saturated rings. The number of rotatable bonds is 6. The predicted molar refractivity (Wildman–Crippen MR) is 65.8 cm³/mol. The maximum atomic E-state index is 12.4. The summed E-state index contributed by atoms with van der Waals surface area (Å²) in [7, 11) is 1.43. The zero-order valence-electron chi connectivity index (χ0n) is 10.6. The number of hydrogen-bond acceptors (Lipinski definition) is 4. The van der Waals surface area contributed by atoms with Crippen molar-refractivity contribution in [3.05, 3.63) is 23.8 Å². The van der Waals surface area contributed by atoms with E-state index in [1.54, 1.807) is 18.2 Å². The van der Waals surface area contributed by atoms with Gasteiger partial charge in [0.2, 0.25) is 0 Å². The van der Waals surface area contributed by atoms with Gasteiger partial charge in [0.15, 0.2) is 0 Å². The third kappa shape index (κ3) is 5.35. The Bertz CT molecular complexity index is 410. The standard InChI is InChI=1S/C12H17F3N2O2/c1-19-11-6-10(16)3-2-9(11)7-17(4-5-18)8-12(13,14)15/h2-3,6,18H,4-5,7-8,16H2,1H3. The number of halogens is 3. The van der Waals surface area contributed by atoms with Crippen molar-refractivity contribution in [2.24, 2.45) is 0 Å². The van der Waals surface area contributed by atoms with E-state index in [1.165, 1.54) is 7.11 Å². The van der Waals surface area contributed by atoms with Crippen molar-refractivity contribution >= 4 is 5.69 Å². The zero-order valence-corrected chi connectivity index (χ0v) is 10.6. The summed E-state index contributed by atoms with van der Waals surface area (Å²) in [5.41, 5.74) is 6.65. The molecule has 0 spiro atoms. The smallest absolute Gasteiger partial charge is 0.401 e. The average molecular weight is 278 g/mol. The van der Waals surface area contributed by atoms with Crippen LogP contribution in [0.4, 0.5) is 18.9 Å². The Kier molecular flexibility index (Phi) is 5.44. The van der Waals surface area contributed by atoms with Crippen molar-refractivity contribution in [2.75, 3.05) is 32.5 Å². The van der Waals surface area contributed by atoms with Crippen LogP contribution < -0.4 is 10.5 Å². The van der Waals surface area contributed by atoms with Crippen LogP contribution in [0.5, 0.6) is 5.75 Å². The van der Waals surface area contributed by atoms with Gasteiger partial charge in [-0.25, -0.2) is 0 Å². The molecule has 0 saturated heterocycles. The first-order valence-corrected chi connectivity index (χ1v) is 5.68. The number of hydrogen-bond donors (Lipinski definition) is 2. The molecular weight excluding hydrogens is 261 g/mol. The molecule has 0 amide bonds. The minimum absolute atomic E-state index is 0.0313. The van der Waals surface area contributed by atoms with Crippen LogP contribution in [0.1, 0.15) is 5.56 Å². The molecule has 0 unspecified atom stereocenters. The largest absolute Gasteiger partial charge is 0.496 e. The average Bonchev–Trinajstić information content (AvgIpc) is 2.29. The Morgan fingerprint density at radius 1 is 1.37 bits per heavy atom. The molecule has 0 aliphatic rings. The van der Waals surface area contributed by atoms with Crippen LogP contribution >= 0.6 is 0 Å². The van der Waals surface area contributed by atoms with Gasteiger partial charge in [-0.2, -0.15) is 13.2 Å². The van der Waals surface area contributed by atoms with Crippen LogP contribution in [0, 0.1) is 0 Å². The van der Waals surface area contributed by atoms with Crippen LogP contribution in [0.3, 0.4) is 0 Å². The molecule has 1 aromatic carbocycles. The van der Waals surface area contributed by atoms with Gasteiger partial charge in [-0.05, 0) is 6.07 Å². The normalized spacial score (nSPS) is 11.9. The fraction of sp³-hybridized carbons (Fsp3) is 0.500. The summed E-state index contributed by atoms with van der Waals surface area (Å²) in [5.74, 6) is 0.435.